The summed E-state index contributed by atoms with van der Waals surface area (Å²) in [7, 11) is 3.10. The van der Waals surface area contributed by atoms with Gasteiger partial charge < -0.3 is 18.6 Å². The molecule has 2 aromatic carbocycles. The van der Waals surface area contributed by atoms with Crippen LogP contribution >= 0.6 is 22.7 Å². The van der Waals surface area contributed by atoms with E-state index in [1.807, 2.05) is 11.4 Å². The number of thiazole rings is 1. The first-order valence-electron chi connectivity index (χ1n) is 11.1. The molecular formula is C25H17F3N4O4S2. The largest absolute Gasteiger partial charge is 0.496 e. The maximum Gasteiger partial charge on any atom is 0.416 e. The van der Waals surface area contributed by atoms with Crippen LogP contribution in [0.25, 0.3) is 38.0 Å². The molecule has 4 heterocycles. The Labute approximate surface area is 220 Å². The first-order valence-corrected chi connectivity index (χ1v) is 12.8. The summed E-state index contributed by atoms with van der Waals surface area (Å²) < 4.78 is 62.9. The molecule has 0 fully saturated rings. The van der Waals surface area contributed by atoms with Gasteiger partial charge in [-0.3, -0.25) is 0 Å². The van der Waals surface area contributed by atoms with Crippen LogP contribution in [0.15, 0.2) is 58.5 Å². The molecule has 4 aromatic heterocycles. The first-order chi connectivity index (χ1) is 18.3. The second kappa shape index (κ2) is 9.33. The Morgan fingerprint density at radius 3 is 2.55 bits per heavy atom. The van der Waals surface area contributed by atoms with Crippen molar-refractivity contribution in [2.75, 3.05) is 14.2 Å². The highest BCUT2D eigenvalue weighted by atomic mass is 32.1. The Bertz CT molecular complexity index is 1720. The number of imidazole rings is 1. The minimum absolute atomic E-state index is 0.143. The monoisotopic (exact) mass is 558 g/mol. The highest BCUT2D eigenvalue weighted by Crippen LogP contribution is 2.38. The van der Waals surface area contributed by atoms with Gasteiger partial charge in [0.2, 0.25) is 4.96 Å². The van der Waals surface area contributed by atoms with Crippen LogP contribution in [0.4, 0.5) is 13.2 Å². The van der Waals surface area contributed by atoms with E-state index in [1.165, 1.54) is 34.8 Å². The van der Waals surface area contributed by atoms with Crippen molar-refractivity contribution < 1.29 is 31.8 Å². The molecule has 6 rings (SSSR count). The molecule has 0 N–H and O–H groups in total. The Kier molecular flexibility index (Phi) is 5.95. The minimum atomic E-state index is -4.38. The third-order valence-corrected chi connectivity index (χ3v) is 7.47. The smallest absolute Gasteiger partial charge is 0.416 e. The summed E-state index contributed by atoms with van der Waals surface area (Å²) in [5.74, 6) is 1.61. The molecule has 194 valence electrons. The number of fused-ring (bicyclic) bond motifs is 2. The first kappa shape index (κ1) is 24.2. The van der Waals surface area contributed by atoms with Crippen LogP contribution in [0.2, 0.25) is 0 Å². The second-order valence-electron chi connectivity index (χ2n) is 8.08. The summed E-state index contributed by atoms with van der Waals surface area (Å²) in [5.41, 5.74) is 1.70. The van der Waals surface area contributed by atoms with Gasteiger partial charge >= 0.3 is 6.18 Å². The van der Waals surface area contributed by atoms with Gasteiger partial charge in [-0.25, -0.2) is 14.5 Å². The summed E-state index contributed by atoms with van der Waals surface area (Å²) in [6.45, 7) is 0.143. The average molecular weight is 559 g/mol. The van der Waals surface area contributed by atoms with E-state index < -0.39 is 11.7 Å². The molecule has 38 heavy (non-hydrogen) atoms. The molecule has 0 amide bonds. The van der Waals surface area contributed by atoms with Crippen LogP contribution in [0.5, 0.6) is 16.7 Å². The second-order valence-corrected chi connectivity index (χ2v) is 9.86. The number of alkyl halides is 3. The number of methoxy groups -OCH3 is 2. The van der Waals surface area contributed by atoms with E-state index in [0.29, 0.717) is 55.0 Å². The van der Waals surface area contributed by atoms with Gasteiger partial charge in [0.05, 0.1) is 37.1 Å². The Hall–Kier alpha value is -4.10. The van der Waals surface area contributed by atoms with E-state index in [9.17, 15) is 13.2 Å². The predicted octanol–water partition coefficient (Wildman–Crippen LogP) is 6.94. The summed E-state index contributed by atoms with van der Waals surface area (Å²) in [6.07, 6.45) is -2.63. The molecular weight excluding hydrogens is 541 g/mol. The van der Waals surface area contributed by atoms with Gasteiger partial charge in [-0.05, 0) is 29.5 Å². The van der Waals surface area contributed by atoms with Crippen LogP contribution in [0.3, 0.4) is 0 Å². The quantitative estimate of drug-likeness (QED) is 0.210. The van der Waals surface area contributed by atoms with Crippen LogP contribution in [0.1, 0.15) is 11.3 Å². The van der Waals surface area contributed by atoms with E-state index in [-0.39, 0.29) is 6.61 Å². The van der Waals surface area contributed by atoms with E-state index in [4.69, 9.17) is 18.6 Å². The maximum atomic E-state index is 12.9. The molecule has 0 aliphatic heterocycles. The van der Waals surface area contributed by atoms with Crippen LogP contribution < -0.4 is 14.2 Å². The van der Waals surface area contributed by atoms with Gasteiger partial charge in [-0.15, -0.1) is 16.4 Å². The van der Waals surface area contributed by atoms with Gasteiger partial charge in [0.25, 0.3) is 5.19 Å². The lowest BCUT2D eigenvalue weighted by Gasteiger charge is -2.08. The number of nitrogens with zero attached hydrogens (tertiary/aromatic N) is 4. The van der Waals surface area contributed by atoms with Crippen molar-refractivity contribution in [3.05, 3.63) is 65.3 Å². The molecule has 0 bridgehead atoms. The van der Waals surface area contributed by atoms with Crippen molar-refractivity contribution in [3.8, 4) is 38.7 Å². The zero-order valence-corrected chi connectivity index (χ0v) is 21.4. The van der Waals surface area contributed by atoms with E-state index in [1.54, 1.807) is 37.1 Å². The SMILES string of the molecule is COc1cc(OCc2csc(-c3ccc(C(F)(F)F)cc3)n2)c2cc(-c3cn4nc(OC)sc4n3)oc2c1. The third-order valence-electron chi connectivity index (χ3n) is 5.65. The van der Waals surface area contributed by atoms with Crippen molar-refractivity contribution in [1.29, 1.82) is 0 Å². The van der Waals surface area contributed by atoms with Gasteiger partial charge in [0.15, 0.2) is 5.76 Å². The van der Waals surface area contributed by atoms with E-state index in [0.717, 1.165) is 17.5 Å². The number of halogens is 3. The highest BCUT2D eigenvalue weighted by molar-refractivity contribution is 7.18. The lowest BCUT2D eigenvalue weighted by Crippen LogP contribution is -2.03. The predicted molar refractivity (Wildman–Crippen MR) is 136 cm³/mol. The van der Waals surface area contributed by atoms with Crippen LogP contribution in [-0.2, 0) is 12.8 Å². The van der Waals surface area contributed by atoms with Crippen molar-refractivity contribution in [3.63, 3.8) is 0 Å². The van der Waals surface area contributed by atoms with Gasteiger partial charge in [-0.2, -0.15) is 13.2 Å². The Balaban J connectivity index is 1.25. The van der Waals surface area contributed by atoms with Gasteiger partial charge in [0.1, 0.15) is 34.4 Å². The molecule has 8 nitrogen and oxygen atoms in total. The molecule has 0 unspecified atom stereocenters. The molecule has 0 aliphatic carbocycles. The molecule has 0 atom stereocenters. The fourth-order valence-corrected chi connectivity index (χ4v) is 5.30. The van der Waals surface area contributed by atoms with Crippen LogP contribution in [-0.4, -0.2) is 33.8 Å². The lowest BCUT2D eigenvalue weighted by atomic mass is 10.1. The fourth-order valence-electron chi connectivity index (χ4n) is 3.79. The van der Waals surface area contributed by atoms with Crippen molar-refractivity contribution in [1.82, 2.24) is 19.6 Å². The van der Waals surface area contributed by atoms with E-state index >= 15 is 0 Å². The summed E-state index contributed by atoms with van der Waals surface area (Å²) in [4.78, 5) is 9.75. The Morgan fingerprint density at radius 2 is 1.84 bits per heavy atom. The highest BCUT2D eigenvalue weighted by Gasteiger charge is 2.30. The average Bonchev–Trinajstić information content (AvgIpc) is 3.69. The zero-order valence-electron chi connectivity index (χ0n) is 19.8. The molecule has 0 aliphatic rings. The zero-order chi connectivity index (χ0) is 26.4. The number of hydrogen-bond acceptors (Lipinski definition) is 9. The molecule has 0 saturated heterocycles. The minimum Gasteiger partial charge on any atom is -0.496 e. The topological polar surface area (TPSA) is 83.9 Å². The molecule has 0 saturated carbocycles. The molecule has 13 heteroatoms. The maximum absolute atomic E-state index is 12.9. The lowest BCUT2D eigenvalue weighted by molar-refractivity contribution is -0.137. The summed E-state index contributed by atoms with van der Waals surface area (Å²) >= 11 is 2.64. The van der Waals surface area contributed by atoms with E-state index in [2.05, 4.69) is 15.1 Å². The number of aromatic nitrogens is 4. The van der Waals surface area contributed by atoms with Crippen molar-refractivity contribution in [2.24, 2.45) is 0 Å². The summed E-state index contributed by atoms with van der Waals surface area (Å²) in [5, 5.41) is 7.93. The van der Waals surface area contributed by atoms with Crippen molar-refractivity contribution in [2.45, 2.75) is 12.8 Å². The molecule has 0 radical (unpaired) electrons. The number of ether oxygens (including phenoxy) is 3. The normalized spacial score (nSPS) is 11.9. The molecule has 6 aromatic rings. The van der Waals surface area contributed by atoms with Gasteiger partial charge in [-0.1, -0.05) is 12.1 Å². The van der Waals surface area contributed by atoms with Crippen LogP contribution in [0, 0.1) is 0 Å². The Morgan fingerprint density at radius 1 is 1.03 bits per heavy atom. The third kappa shape index (κ3) is 4.54. The number of rotatable bonds is 7. The fraction of sp³-hybridized carbons (Fsp3) is 0.160. The molecule has 0 spiro atoms. The standard InChI is InChI=1S/C25H17F3N4O4S2/c1-33-16-7-19(35-11-15-12-37-22(29-15)13-3-5-14(6-4-13)25(26,27)28)17-9-21(36-20(17)8-16)18-10-32-23(30-18)38-24(31-32)34-2/h3-10,12H,11H2,1-2H3. The van der Waals surface area contributed by atoms with Crippen molar-refractivity contribution >= 4 is 38.6 Å². The number of benzene rings is 2. The van der Waals surface area contributed by atoms with Gasteiger partial charge in [0, 0.05) is 23.1 Å². The number of hydrogen-bond donors (Lipinski definition) is 0. The number of furan rings is 1. The summed E-state index contributed by atoms with van der Waals surface area (Å²) in [6, 6.07) is 10.3.